The number of aliphatic imine (C=N–C) groups is 1. The van der Waals surface area contributed by atoms with Gasteiger partial charge in [-0.2, -0.15) is 0 Å². The minimum absolute atomic E-state index is 0. The van der Waals surface area contributed by atoms with Gasteiger partial charge in [-0.05, 0) is 31.9 Å². The molecule has 0 unspecified atom stereocenters. The SMILES string of the molecule is CC(C)(C)OC(=O)N1CCN(C(N)=NCc2cccc(CN3CCOCC3)c2)CC1.I. The predicted octanol–water partition coefficient (Wildman–Crippen LogP) is 2.50. The van der Waals surface area contributed by atoms with Gasteiger partial charge in [0.25, 0.3) is 0 Å². The average Bonchev–Trinajstić information content (AvgIpc) is 2.72. The topological polar surface area (TPSA) is 83.6 Å². The third-order valence-corrected chi connectivity index (χ3v) is 5.18. The lowest BCUT2D eigenvalue weighted by Gasteiger charge is -2.36. The maximum Gasteiger partial charge on any atom is 0.410 e. The normalized spacial score (nSPS) is 18.5. The monoisotopic (exact) mass is 545 g/mol. The fourth-order valence-electron chi connectivity index (χ4n) is 3.56. The van der Waals surface area contributed by atoms with Crippen molar-refractivity contribution >= 4 is 36.0 Å². The van der Waals surface area contributed by atoms with Gasteiger partial charge in [0.1, 0.15) is 5.60 Å². The number of amides is 1. The van der Waals surface area contributed by atoms with Gasteiger partial charge < -0.3 is 25.0 Å². The molecule has 1 aromatic rings. The van der Waals surface area contributed by atoms with Crippen LogP contribution in [0.25, 0.3) is 0 Å². The Hall–Kier alpha value is -1.59. The van der Waals surface area contributed by atoms with E-state index < -0.39 is 5.60 Å². The molecule has 0 aromatic heterocycles. The van der Waals surface area contributed by atoms with E-state index in [0.29, 0.717) is 38.7 Å². The molecule has 2 fully saturated rings. The summed E-state index contributed by atoms with van der Waals surface area (Å²) in [6.07, 6.45) is -0.269. The van der Waals surface area contributed by atoms with E-state index in [1.54, 1.807) is 4.90 Å². The Labute approximate surface area is 202 Å². The van der Waals surface area contributed by atoms with Crippen molar-refractivity contribution in [1.29, 1.82) is 0 Å². The van der Waals surface area contributed by atoms with Crippen LogP contribution in [-0.4, -0.2) is 84.8 Å². The number of hydrogen-bond donors (Lipinski definition) is 1. The van der Waals surface area contributed by atoms with Crippen LogP contribution in [0.15, 0.2) is 29.3 Å². The molecule has 3 rings (SSSR count). The molecule has 2 N–H and O–H groups in total. The third kappa shape index (κ3) is 8.46. The summed E-state index contributed by atoms with van der Waals surface area (Å²) in [5.74, 6) is 0.525. The number of morpholine rings is 1. The Kier molecular flexibility index (Phi) is 9.83. The second kappa shape index (κ2) is 11.9. The van der Waals surface area contributed by atoms with Gasteiger partial charge in [0.15, 0.2) is 5.96 Å². The smallest absolute Gasteiger partial charge is 0.410 e. The summed E-state index contributed by atoms with van der Waals surface area (Å²) in [6, 6.07) is 8.52. The molecule has 174 valence electrons. The van der Waals surface area contributed by atoms with Crippen LogP contribution in [0.5, 0.6) is 0 Å². The summed E-state index contributed by atoms with van der Waals surface area (Å²) in [4.78, 5) is 22.9. The summed E-state index contributed by atoms with van der Waals surface area (Å²) in [5, 5.41) is 0. The number of guanidine groups is 1. The predicted molar refractivity (Wildman–Crippen MR) is 133 cm³/mol. The Bertz CT molecular complexity index is 739. The molecule has 0 bridgehead atoms. The molecule has 0 aliphatic carbocycles. The fraction of sp³-hybridized carbons (Fsp3) is 0.636. The maximum atomic E-state index is 12.2. The van der Waals surface area contributed by atoms with Crippen molar-refractivity contribution in [3.8, 4) is 0 Å². The Morgan fingerprint density at radius 1 is 1.06 bits per heavy atom. The Balaban J connectivity index is 0.00000341. The van der Waals surface area contributed by atoms with Crippen LogP contribution in [0, 0.1) is 0 Å². The second-order valence-electron chi connectivity index (χ2n) is 8.84. The molecule has 2 saturated heterocycles. The molecular weight excluding hydrogens is 509 g/mol. The van der Waals surface area contributed by atoms with E-state index in [1.807, 2.05) is 25.7 Å². The quantitative estimate of drug-likeness (QED) is 0.356. The first-order valence-electron chi connectivity index (χ1n) is 10.7. The van der Waals surface area contributed by atoms with Gasteiger partial charge >= 0.3 is 6.09 Å². The van der Waals surface area contributed by atoms with E-state index in [4.69, 9.17) is 15.2 Å². The number of carbonyl (C=O) groups is 1. The molecule has 8 nitrogen and oxygen atoms in total. The second-order valence-corrected chi connectivity index (χ2v) is 8.84. The number of hydrogen-bond acceptors (Lipinski definition) is 5. The Morgan fingerprint density at radius 2 is 1.68 bits per heavy atom. The maximum absolute atomic E-state index is 12.2. The molecule has 2 aliphatic rings. The van der Waals surface area contributed by atoms with E-state index in [0.717, 1.165) is 38.4 Å². The third-order valence-electron chi connectivity index (χ3n) is 5.18. The summed E-state index contributed by atoms with van der Waals surface area (Å²) in [5.41, 5.74) is 8.18. The number of halogens is 1. The lowest BCUT2D eigenvalue weighted by molar-refractivity contribution is 0.0186. The molecule has 0 atom stereocenters. The van der Waals surface area contributed by atoms with E-state index in [2.05, 4.69) is 34.2 Å². The lowest BCUT2D eigenvalue weighted by atomic mass is 10.1. The highest BCUT2D eigenvalue weighted by Gasteiger charge is 2.26. The van der Waals surface area contributed by atoms with Crippen LogP contribution < -0.4 is 5.73 Å². The van der Waals surface area contributed by atoms with Gasteiger partial charge in [0.2, 0.25) is 0 Å². The van der Waals surface area contributed by atoms with Crippen molar-refractivity contribution in [3.05, 3.63) is 35.4 Å². The first-order valence-corrected chi connectivity index (χ1v) is 10.7. The van der Waals surface area contributed by atoms with Crippen LogP contribution >= 0.6 is 24.0 Å². The number of piperazine rings is 1. The van der Waals surface area contributed by atoms with Crippen molar-refractivity contribution < 1.29 is 14.3 Å². The average molecular weight is 545 g/mol. The van der Waals surface area contributed by atoms with Gasteiger partial charge in [0.05, 0.1) is 19.8 Å². The number of nitrogens with zero attached hydrogens (tertiary/aromatic N) is 4. The van der Waals surface area contributed by atoms with Crippen molar-refractivity contribution in [2.24, 2.45) is 10.7 Å². The zero-order valence-corrected chi connectivity index (χ0v) is 21.2. The van der Waals surface area contributed by atoms with Crippen LogP contribution in [0.1, 0.15) is 31.9 Å². The largest absolute Gasteiger partial charge is 0.444 e. The fourth-order valence-corrected chi connectivity index (χ4v) is 3.56. The van der Waals surface area contributed by atoms with Gasteiger partial charge in [-0.3, -0.25) is 4.90 Å². The number of benzene rings is 1. The minimum Gasteiger partial charge on any atom is -0.444 e. The minimum atomic E-state index is -0.481. The first kappa shape index (κ1) is 25.7. The lowest BCUT2D eigenvalue weighted by Crippen LogP contribution is -2.53. The summed E-state index contributed by atoms with van der Waals surface area (Å²) in [7, 11) is 0. The summed E-state index contributed by atoms with van der Waals surface area (Å²) < 4.78 is 10.9. The highest BCUT2D eigenvalue weighted by Crippen LogP contribution is 2.13. The van der Waals surface area contributed by atoms with E-state index in [9.17, 15) is 4.79 Å². The van der Waals surface area contributed by atoms with E-state index >= 15 is 0 Å². The van der Waals surface area contributed by atoms with Crippen molar-refractivity contribution in [1.82, 2.24) is 14.7 Å². The molecule has 0 saturated carbocycles. The molecule has 1 aromatic carbocycles. The summed E-state index contributed by atoms with van der Waals surface area (Å²) in [6.45, 7) is 13.2. The molecule has 9 heteroatoms. The molecule has 2 heterocycles. The van der Waals surface area contributed by atoms with Gasteiger partial charge in [-0.25, -0.2) is 9.79 Å². The molecule has 0 radical (unpaired) electrons. The number of rotatable bonds is 4. The standard InChI is InChI=1S/C22H35N5O3.HI/c1-22(2,3)30-21(28)27-9-7-26(8-10-27)20(23)24-16-18-5-4-6-19(15-18)17-25-11-13-29-14-12-25;/h4-6,15H,7-14,16-17H2,1-3H3,(H2,23,24);1H. The zero-order chi connectivity index (χ0) is 21.6. The highest BCUT2D eigenvalue weighted by atomic mass is 127. The van der Waals surface area contributed by atoms with Crippen LogP contribution in [0.2, 0.25) is 0 Å². The van der Waals surface area contributed by atoms with Crippen LogP contribution in [0.4, 0.5) is 4.79 Å². The van der Waals surface area contributed by atoms with Crippen LogP contribution in [0.3, 0.4) is 0 Å². The molecule has 2 aliphatic heterocycles. The van der Waals surface area contributed by atoms with E-state index in [-0.39, 0.29) is 30.1 Å². The number of ether oxygens (including phenoxy) is 2. The number of carbonyl (C=O) groups excluding carboxylic acids is 1. The van der Waals surface area contributed by atoms with Crippen LogP contribution in [-0.2, 0) is 22.6 Å². The van der Waals surface area contributed by atoms with Crippen molar-refractivity contribution in [2.75, 3.05) is 52.5 Å². The Morgan fingerprint density at radius 3 is 2.32 bits per heavy atom. The highest BCUT2D eigenvalue weighted by molar-refractivity contribution is 14.0. The molecule has 0 spiro atoms. The zero-order valence-electron chi connectivity index (χ0n) is 18.9. The van der Waals surface area contributed by atoms with Crippen molar-refractivity contribution in [3.63, 3.8) is 0 Å². The number of nitrogens with two attached hydrogens (primary N) is 1. The van der Waals surface area contributed by atoms with Gasteiger partial charge in [-0.15, -0.1) is 24.0 Å². The van der Waals surface area contributed by atoms with E-state index in [1.165, 1.54) is 5.56 Å². The summed E-state index contributed by atoms with van der Waals surface area (Å²) >= 11 is 0. The molecular formula is C22H36IN5O3. The van der Waals surface area contributed by atoms with Gasteiger partial charge in [0, 0.05) is 45.8 Å². The van der Waals surface area contributed by atoms with Crippen molar-refractivity contribution in [2.45, 2.75) is 39.5 Å². The molecule has 31 heavy (non-hydrogen) atoms. The molecule has 1 amide bonds. The van der Waals surface area contributed by atoms with Gasteiger partial charge in [-0.1, -0.05) is 24.3 Å². The first-order chi connectivity index (χ1) is 14.3.